The van der Waals surface area contributed by atoms with Crippen LogP contribution in [0.5, 0.6) is 0 Å². The highest BCUT2D eigenvalue weighted by Gasteiger charge is 2.19. The molecule has 0 fully saturated rings. The van der Waals surface area contributed by atoms with Crippen molar-refractivity contribution in [1.29, 1.82) is 0 Å². The van der Waals surface area contributed by atoms with Crippen molar-refractivity contribution >= 4 is 22.5 Å². The number of hydrogen-bond acceptors (Lipinski definition) is 3. The van der Waals surface area contributed by atoms with Crippen LogP contribution < -0.4 is 10.9 Å². The van der Waals surface area contributed by atoms with Gasteiger partial charge in [0.1, 0.15) is 5.82 Å². The normalized spacial score (nSPS) is 12.7. The molecule has 0 amide bonds. The van der Waals surface area contributed by atoms with Crippen molar-refractivity contribution in [2.75, 3.05) is 6.54 Å². The van der Waals surface area contributed by atoms with Gasteiger partial charge in [-0.3, -0.25) is 9.36 Å². The maximum atomic E-state index is 13.2. The van der Waals surface area contributed by atoms with Gasteiger partial charge in [-0.15, -0.1) is 0 Å². The quantitative estimate of drug-likeness (QED) is 0.740. The van der Waals surface area contributed by atoms with Crippen LogP contribution in [-0.4, -0.2) is 16.1 Å². The highest BCUT2D eigenvalue weighted by Crippen LogP contribution is 2.23. The molecule has 0 aliphatic heterocycles. The first-order valence-electron chi connectivity index (χ1n) is 8.49. The Labute approximate surface area is 152 Å². The molecular weight excluding hydrogens is 334 g/mol. The molecule has 0 radical (unpaired) electrons. The van der Waals surface area contributed by atoms with E-state index in [9.17, 15) is 4.79 Å². The molecule has 0 bridgehead atoms. The van der Waals surface area contributed by atoms with Gasteiger partial charge in [0.05, 0.1) is 27.7 Å². The average molecular weight is 356 g/mol. The van der Waals surface area contributed by atoms with E-state index >= 15 is 0 Å². The smallest absolute Gasteiger partial charge is 0.266 e. The lowest BCUT2D eigenvalue weighted by Crippen LogP contribution is -2.31. The van der Waals surface area contributed by atoms with Gasteiger partial charge in [-0.1, -0.05) is 49.7 Å². The van der Waals surface area contributed by atoms with Crippen LogP contribution in [0.25, 0.3) is 16.6 Å². The molecule has 1 atom stereocenters. The number of nitrogens with one attached hydrogen (secondary N) is 1. The third-order valence-corrected chi connectivity index (χ3v) is 4.43. The minimum atomic E-state index is -0.105. The highest BCUT2D eigenvalue weighted by molar-refractivity contribution is 6.32. The number of hydrogen-bond donors (Lipinski definition) is 1. The van der Waals surface area contributed by atoms with Crippen molar-refractivity contribution in [3.63, 3.8) is 0 Å². The fourth-order valence-electron chi connectivity index (χ4n) is 2.81. The molecule has 1 N–H and O–H groups in total. The Morgan fingerprint density at radius 2 is 1.76 bits per heavy atom. The van der Waals surface area contributed by atoms with Crippen molar-refractivity contribution in [3.8, 4) is 5.69 Å². The summed E-state index contributed by atoms with van der Waals surface area (Å²) in [6, 6.07) is 14.7. The lowest BCUT2D eigenvalue weighted by molar-refractivity contribution is 0.475. The molecule has 0 spiro atoms. The Balaban J connectivity index is 2.25. The molecule has 3 aromatic rings. The van der Waals surface area contributed by atoms with Gasteiger partial charge in [0, 0.05) is 0 Å². The lowest BCUT2D eigenvalue weighted by Gasteiger charge is -2.21. The van der Waals surface area contributed by atoms with Gasteiger partial charge in [-0.25, -0.2) is 4.98 Å². The summed E-state index contributed by atoms with van der Waals surface area (Å²) in [5, 5.41) is 4.57. The summed E-state index contributed by atoms with van der Waals surface area (Å²) >= 11 is 6.38. The first-order valence-corrected chi connectivity index (χ1v) is 8.87. The van der Waals surface area contributed by atoms with Crippen LogP contribution in [0, 0.1) is 5.92 Å². The molecule has 5 heteroatoms. The molecule has 1 aromatic heterocycles. The first-order chi connectivity index (χ1) is 12.0. The summed E-state index contributed by atoms with van der Waals surface area (Å²) in [4.78, 5) is 18.0. The molecule has 0 saturated heterocycles. The molecule has 25 heavy (non-hydrogen) atoms. The Hall–Kier alpha value is -2.17. The minimum Gasteiger partial charge on any atom is -0.307 e. The van der Waals surface area contributed by atoms with E-state index in [1.165, 1.54) is 0 Å². The van der Waals surface area contributed by atoms with E-state index in [-0.39, 0.29) is 11.6 Å². The molecule has 2 aromatic carbocycles. The van der Waals surface area contributed by atoms with Crippen molar-refractivity contribution < 1.29 is 0 Å². The second-order valence-corrected chi connectivity index (χ2v) is 7.01. The van der Waals surface area contributed by atoms with Crippen LogP contribution in [0.4, 0.5) is 0 Å². The molecule has 0 aliphatic carbocycles. The van der Waals surface area contributed by atoms with Crippen molar-refractivity contribution in [3.05, 3.63) is 69.7 Å². The third kappa shape index (κ3) is 3.60. The Morgan fingerprint density at radius 3 is 2.48 bits per heavy atom. The molecule has 0 aliphatic rings. The molecule has 3 rings (SSSR count). The lowest BCUT2D eigenvalue weighted by atomic mass is 10.1. The number of rotatable bonds is 5. The number of nitrogens with zero attached hydrogens (tertiary/aromatic N) is 2. The van der Waals surface area contributed by atoms with Gasteiger partial charge in [-0.2, -0.15) is 0 Å². The number of fused-ring (bicyclic) bond motifs is 1. The Morgan fingerprint density at radius 1 is 1.08 bits per heavy atom. The summed E-state index contributed by atoms with van der Waals surface area (Å²) in [6.45, 7) is 7.15. The average Bonchev–Trinajstić information content (AvgIpc) is 2.60. The Bertz CT molecular complexity index is 949. The molecule has 4 nitrogen and oxygen atoms in total. The van der Waals surface area contributed by atoms with E-state index in [1.807, 2.05) is 43.3 Å². The van der Waals surface area contributed by atoms with Gasteiger partial charge in [-0.05, 0) is 43.7 Å². The molecular formula is C20H22ClN3O. The van der Waals surface area contributed by atoms with Crippen LogP contribution in [0.3, 0.4) is 0 Å². The minimum absolute atomic E-state index is 0.0871. The van der Waals surface area contributed by atoms with Crippen LogP contribution in [-0.2, 0) is 0 Å². The van der Waals surface area contributed by atoms with E-state index in [0.717, 1.165) is 6.54 Å². The van der Waals surface area contributed by atoms with E-state index in [0.29, 0.717) is 33.4 Å². The zero-order valence-electron chi connectivity index (χ0n) is 14.7. The molecule has 130 valence electrons. The maximum absolute atomic E-state index is 13.2. The number of aromatic nitrogens is 2. The van der Waals surface area contributed by atoms with Gasteiger partial charge >= 0.3 is 0 Å². The fraction of sp³-hybridized carbons (Fsp3) is 0.300. The van der Waals surface area contributed by atoms with Gasteiger partial charge in [0.2, 0.25) is 0 Å². The second kappa shape index (κ2) is 7.38. The zero-order valence-corrected chi connectivity index (χ0v) is 15.4. The van der Waals surface area contributed by atoms with E-state index in [4.69, 9.17) is 16.6 Å². The summed E-state index contributed by atoms with van der Waals surface area (Å²) in [7, 11) is 0. The maximum Gasteiger partial charge on any atom is 0.266 e. The van der Waals surface area contributed by atoms with Gasteiger partial charge in [0.25, 0.3) is 5.56 Å². The van der Waals surface area contributed by atoms with E-state index < -0.39 is 0 Å². The molecule has 0 saturated carbocycles. The zero-order chi connectivity index (χ0) is 18.0. The number of benzene rings is 2. The van der Waals surface area contributed by atoms with E-state index in [1.54, 1.807) is 16.7 Å². The summed E-state index contributed by atoms with van der Waals surface area (Å²) in [5.41, 5.74) is 1.25. The molecule has 0 unspecified atom stereocenters. The number of para-hydroxylation sites is 2. The van der Waals surface area contributed by atoms with Crippen molar-refractivity contribution in [2.24, 2.45) is 5.92 Å². The van der Waals surface area contributed by atoms with Crippen molar-refractivity contribution in [2.45, 2.75) is 26.8 Å². The predicted molar refractivity (Wildman–Crippen MR) is 104 cm³/mol. The largest absolute Gasteiger partial charge is 0.307 e. The van der Waals surface area contributed by atoms with Gasteiger partial charge in [0.15, 0.2) is 0 Å². The standard InChI is InChI=1S/C20H22ClN3O/c1-13(2)12-22-14(3)19-23-17-10-6-4-8-15(17)20(25)24(19)18-11-7-5-9-16(18)21/h4-11,13-14,22H,12H2,1-3H3/t14-/m1/s1. The summed E-state index contributed by atoms with van der Waals surface area (Å²) in [5.74, 6) is 1.17. The molecule has 1 heterocycles. The fourth-order valence-corrected chi connectivity index (χ4v) is 3.03. The Kier molecular flexibility index (Phi) is 5.21. The third-order valence-electron chi connectivity index (χ3n) is 4.11. The predicted octanol–water partition coefficient (Wildman–Crippen LogP) is 4.35. The van der Waals surface area contributed by atoms with Crippen LogP contribution in [0.1, 0.15) is 32.6 Å². The number of halogens is 1. The van der Waals surface area contributed by atoms with E-state index in [2.05, 4.69) is 19.2 Å². The van der Waals surface area contributed by atoms with Crippen molar-refractivity contribution in [1.82, 2.24) is 14.9 Å². The SMILES string of the molecule is CC(C)CN[C@H](C)c1nc2ccccc2c(=O)n1-c1ccccc1Cl. The summed E-state index contributed by atoms with van der Waals surface area (Å²) in [6.07, 6.45) is 0. The van der Waals surface area contributed by atoms with Crippen LogP contribution in [0.2, 0.25) is 5.02 Å². The summed E-state index contributed by atoms with van der Waals surface area (Å²) < 4.78 is 1.63. The van der Waals surface area contributed by atoms with Gasteiger partial charge < -0.3 is 5.32 Å². The van der Waals surface area contributed by atoms with Crippen LogP contribution in [0.15, 0.2) is 53.3 Å². The highest BCUT2D eigenvalue weighted by atomic mass is 35.5. The second-order valence-electron chi connectivity index (χ2n) is 6.60. The topological polar surface area (TPSA) is 46.9 Å². The first kappa shape index (κ1) is 17.6. The van der Waals surface area contributed by atoms with Crippen LogP contribution >= 0.6 is 11.6 Å². The monoisotopic (exact) mass is 355 g/mol.